The van der Waals surface area contributed by atoms with Gasteiger partial charge in [0.25, 0.3) is 0 Å². The smallest absolute Gasteiger partial charge is 0.162 e. The van der Waals surface area contributed by atoms with Crippen LogP contribution in [-0.2, 0) is 9.47 Å². The van der Waals surface area contributed by atoms with E-state index in [-0.39, 0.29) is 0 Å². The SMILES string of the molecule is N=C1C=C2OCCOC2=CC1. The van der Waals surface area contributed by atoms with Crippen LogP contribution in [0, 0.1) is 5.41 Å². The van der Waals surface area contributed by atoms with E-state index in [1.807, 2.05) is 6.08 Å². The molecule has 1 N–H and O–H groups in total. The average Bonchev–Trinajstić information content (AvgIpc) is 2.04. The Morgan fingerprint density at radius 2 is 1.91 bits per heavy atom. The highest BCUT2D eigenvalue weighted by Gasteiger charge is 2.17. The minimum Gasteiger partial charge on any atom is -0.486 e. The van der Waals surface area contributed by atoms with E-state index in [2.05, 4.69) is 0 Å². The summed E-state index contributed by atoms with van der Waals surface area (Å²) in [4.78, 5) is 0. The second kappa shape index (κ2) is 2.42. The van der Waals surface area contributed by atoms with Gasteiger partial charge >= 0.3 is 0 Å². The van der Waals surface area contributed by atoms with Crippen molar-refractivity contribution in [2.75, 3.05) is 13.2 Å². The zero-order valence-electron chi connectivity index (χ0n) is 6.09. The van der Waals surface area contributed by atoms with Crippen LogP contribution >= 0.6 is 0 Å². The maximum atomic E-state index is 7.36. The van der Waals surface area contributed by atoms with Crippen molar-refractivity contribution >= 4 is 5.71 Å². The van der Waals surface area contributed by atoms with Crippen LogP contribution in [0.3, 0.4) is 0 Å². The van der Waals surface area contributed by atoms with Gasteiger partial charge in [-0.15, -0.1) is 0 Å². The predicted molar refractivity (Wildman–Crippen MR) is 40.4 cm³/mol. The van der Waals surface area contributed by atoms with E-state index in [9.17, 15) is 0 Å². The van der Waals surface area contributed by atoms with Gasteiger partial charge in [-0.3, -0.25) is 0 Å². The molecule has 58 valence electrons. The Bertz CT molecular complexity index is 253. The molecule has 1 heterocycles. The molecule has 1 saturated heterocycles. The fraction of sp³-hybridized carbons (Fsp3) is 0.375. The molecule has 11 heavy (non-hydrogen) atoms. The topological polar surface area (TPSA) is 42.3 Å². The van der Waals surface area contributed by atoms with Crippen LogP contribution in [0.4, 0.5) is 0 Å². The molecule has 0 aromatic rings. The normalized spacial score (nSPS) is 22.4. The lowest BCUT2D eigenvalue weighted by atomic mass is 10.1. The monoisotopic (exact) mass is 151 g/mol. The fourth-order valence-corrected chi connectivity index (χ4v) is 1.14. The minimum atomic E-state index is 0.578. The highest BCUT2D eigenvalue weighted by atomic mass is 16.6. The summed E-state index contributed by atoms with van der Waals surface area (Å²) in [6.07, 6.45) is 4.26. The Morgan fingerprint density at radius 1 is 1.18 bits per heavy atom. The first kappa shape index (κ1) is 6.46. The summed E-state index contributed by atoms with van der Waals surface area (Å²) >= 11 is 0. The van der Waals surface area contributed by atoms with E-state index in [0.717, 1.165) is 5.76 Å². The average molecular weight is 151 g/mol. The van der Waals surface area contributed by atoms with Gasteiger partial charge in [0.15, 0.2) is 11.5 Å². The van der Waals surface area contributed by atoms with Crippen LogP contribution in [0.25, 0.3) is 0 Å². The van der Waals surface area contributed by atoms with E-state index in [4.69, 9.17) is 14.9 Å². The molecule has 1 aliphatic carbocycles. The van der Waals surface area contributed by atoms with E-state index in [0.29, 0.717) is 31.1 Å². The highest BCUT2D eigenvalue weighted by Crippen LogP contribution is 2.22. The number of hydrogen-bond acceptors (Lipinski definition) is 3. The zero-order valence-corrected chi connectivity index (χ0v) is 6.09. The Kier molecular flexibility index (Phi) is 1.42. The largest absolute Gasteiger partial charge is 0.486 e. The van der Waals surface area contributed by atoms with E-state index >= 15 is 0 Å². The first-order valence-corrected chi connectivity index (χ1v) is 3.61. The van der Waals surface area contributed by atoms with Crippen molar-refractivity contribution in [3.05, 3.63) is 23.7 Å². The number of ether oxygens (including phenoxy) is 2. The molecular weight excluding hydrogens is 142 g/mol. The number of nitrogens with one attached hydrogen (secondary N) is 1. The minimum absolute atomic E-state index is 0.578. The molecular formula is C8H9NO2. The van der Waals surface area contributed by atoms with Crippen LogP contribution in [0.5, 0.6) is 0 Å². The van der Waals surface area contributed by atoms with Crippen molar-refractivity contribution in [3.8, 4) is 0 Å². The van der Waals surface area contributed by atoms with Crippen LogP contribution < -0.4 is 0 Å². The van der Waals surface area contributed by atoms with Gasteiger partial charge in [0.05, 0.1) is 0 Å². The Hall–Kier alpha value is -1.25. The predicted octanol–water partition coefficient (Wildman–Crippen LogP) is 1.22. The highest BCUT2D eigenvalue weighted by molar-refractivity contribution is 5.95. The Labute approximate surface area is 64.8 Å². The third kappa shape index (κ3) is 1.13. The standard InChI is InChI=1S/C8H9NO2/c9-6-1-2-7-8(5-6)11-4-3-10-7/h2,5,9H,1,3-4H2. The first-order valence-electron chi connectivity index (χ1n) is 3.61. The third-order valence-electron chi connectivity index (χ3n) is 1.65. The molecule has 0 atom stereocenters. The molecule has 1 fully saturated rings. The number of rotatable bonds is 0. The quantitative estimate of drug-likeness (QED) is 0.565. The first-order chi connectivity index (χ1) is 5.36. The van der Waals surface area contributed by atoms with Crippen LogP contribution in [0.15, 0.2) is 23.7 Å². The summed E-state index contributed by atoms with van der Waals surface area (Å²) in [6, 6.07) is 0. The van der Waals surface area contributed by atoms with Gasteiger partial charge in [-0.25, -0.2) is 0 Å². The molecule has 0 aromatic heterocycles. The lowest BCUT2D eigenvalue weighted by Gasteiger charge is -2.22. The lowest BCUT2D eigenvalue weighted by molar-refractivity contribution is 0.0588. The second-order valence-electron chi connectivity index (χ2n) is 2.50. The molecule has 0 amide bonds. The summed E-state index contributed by atoms with van der Waals surface area (Å²) in [5.74, 6) is 1.51. The molecule has 0 bridgehead atoms. The summed E-state index contributed by atoms with van der Waals surface area (Å²) in [6.45, 7) is 1.22. The van der Waals surface area contributed by atoms with Crippen molar-refractivity contribution in [1.29, 1.82) is 5.41 Å². The molecule has 3 heteroatoms. The lowest BCUT2D eigenvalue weighted by Crippen LogP contribution is -2.17. The van der Waals surface area contributed by atoms with Gasteiger partial charge in [-0.1, -0.05) is 0 Å². The Morgan fingerprint density at radius 3 is 2.73 bits per heavy atom. The van der Waals surface area contributed by atoms with Gasteiger partial charge in [-0.2, -0.15) is 0 Å². The van der Waals surface area contributed by atoms with Gasteiger partial charge in [0, 0.05) is 18.2 Å². The maximum absolute atomic E-state index is 7.36. The molecule has 0 saturated carbocycles. The molecule has 1 aliphatic heterocycles. The van der Waals surface area contributed by atoms with Crippen molar-refractivity contribution in [1.82, 2.24) is 0 Å². The van der Waals surface area contributed by atoms with Gasteiger partial charge in [0.2, 0.25) is 0 Å². The summed E-state index contributed by atoms with van der Waals surface area (Å²) < 4.78 is 10.6. The fourth-order valence-electron chi connectivity index (χ4n) is 1.14. The van der Waals surface area contributed by atoms with E-state index < -0.39 is 0 Å². The zero-order chi connectivity index (χ0) is 7.68. The number of fused-ring (bicyclic) bond motifs is 1. The third-order valence-corrected chi connectivity index (χ3v) is 1.65. The van der Waals surface area contributed by atoms with Gasteiger partial charge in [-0.05, 0) is 6.08 Å². The van der Waals surface area contributed by atoms with Crippen molar-refractivity contribution in [2.24, 2.45) is 0 Å². The molecule has 0 unspecified atom stereocenters. The van der Waals surface area contributed by atoms with Crippen molar-refractivity contribution in [2.45, 2.75) is 6.42 Å². The van der Waals surface area contributed by atoms with Gasteiger partial charge < -0.3 is 14.9 Å². The van der Waals surface area contributed by atoms with Crippen molar-refractivity contribution < 1.29 is 9.47 Å². The number of hydrogen-bond donors (Lipinski definition) is 1. The van der Waals surface area contributed by atoms with E-state index in [1.165, 1.54) is 0 Å². The second-order valence-corrected chi connectivity index (χ2v) is 2.50. The molecule has 0 spiro atoms. The van der Waals surface area contributed by atoms with Gasteiger partial charge in [0.1, 0.15) is 13.2 Å². The maximum Gasteiger partial charge on any atom is 0.162 e. The van der Waals surface area contributed by atoms with Crippen LogP contribution in [0.1, 0.15) is 6.42 Å². The van der Waals surface area contributed by atoms with Crippen LogP contribution in [-0.4, -0.2) is 18.9 Å². The Balaban J connectivity index is 2.26. The molecule has 2 aliphatic rings. The molecule has 3 nitrogen and oxygen atoms in total. The molecule has 0 radical (unpaired) electrons. The summed E-state index contributed by atoms with van der Waals surface area (Å²) in [5, 5.41) is 7.36. The van der Waals surface area contributed by atoms with Crippen LogP contribution in [0.2, 0.25) is 0 Å². The molecule has 0 aromatic carbocycles. The summed E-state index contributed by atoms with van der Waals surface area (Å²) in [5.41, 5.74) is 0.578. The molecule has 2 rings (SSSR count). The van der Waals surface area contributed by atoms with Crippen molar-refractivity contribution in [3.63, 3.8) is 0 Å². The van der Waals surface area contributed by atoms with E-state index in [1.54, 1.807) is 6.08 Å². The summed E-state index contributed by atoms with van der Waals surface area (Å²) in [7, 11) is 0. The number of allylic oxidation sites excluding steroid dienone is 2.